The van der Waals surface area contributed by atoms with Gasteiger partial charge < -0.3 is 19.3 Å². The van der Waals surface area contributed by atoms with E-state index in [1.807, 2.05) is 35.9 Å². The van der Waals surface area contributed by atoms with Crippen LogP contribution in [0.3, 0.4) is 0 Å². The summed E-state index contributed by atoms with van der Waals surface area (Å²) in [7, 11) is 6.24. The Balaban J connectivity index is 1.81. The lowest BCUT2D eigenvalue weighted by atomic mass is 10.2. The predicted molar refractivity (Wildman–Crippen MR) is 130 cm³/mol. The van der Waals surface area contributed by atoms with Crippen molar-refractivity contribution < 1.29 is 9.47 Å². The topological polar surface area (TPSA) is 55.7 Å². The van der Waals surface area contributed by atoms with Gasteiger partial charge in [0.15, 0.2) is 23.1 Å². The van der Waals surface area contributed by atoms with Crippen molar-refractivity contribution in [1.82, 2.24) is 19.7 Å². The maximum absolute atomic E-state index is 6.09. The molecule has 3 rings (SSSR count). The van der Waals surface area contributed by atoms with E-state index in [0.717, 1.165) is 49.0 Å². The van der Waals surface area contributed by atoms with Crippen molar-refractivity contribution in [1.29, 1.82) is 0 Å². The molecule has 0 bridgehead atoms. The minimum atomic E-state index is 0.329. The first-order chi connectivity index (χ1) is 15.5. The Morgan fingerprint density at radius 1 is 0.906 bits per heavy atom. The van der Waals surface area contributed by atoms with Gasteiger partial charge in [0.2, 0.25) is 0 Å². The zero-order valence-corrected chi connectivity index (χ0v) is 19.9. The predicted octanol–water partition coefficient (Wildman–Crippen LogP) is 4.33. The molecule has 3 aromatic rings. The molecule has 0 atom stereocenters. The number of rotatable bonds is 12. The fourth-order valence-electron chi connectivity index (χ4n) is 3.35. The molecule has 0 saturated heterocycles. The van der Waals surface area contributed by atoms with E-state index < -0.39 is 0 Å². The summed E-state index contributed by atoms with van der Waals surface area (Å²) in [4.78, 5) is 9.20. The van der Waals surface area contributed by atoms with Gasteiger partial charge in [0.05, 0.1) is 6.61 Å². The minimum absolute atomic E-state index is 0.329. The third-order valence-electron chi connectivity index (χ3n) is 5.27. The first kappa shape index (κ1) is 23.6. The highest BCUT2D eigenvalue weighted by Crippen LogP contribution is 2.27. The number of anilines is 1. The summed E-state index contributed by atoms with van der Waals surface area (Å²) in [5.41, 5.74) is 2.18. The van der Waals surface area contributed by atoms with Gasteiger partial charge in [0.25, 0.3) is 0 Å². The Hall–Kier alpha value is -3.06. The monoisotopic (exact) mass is 437 g/mol. The molecule has 0 aliphatic rings. The molecule has 0 saturated carbocycles. The fraction of sp³-hybridized carbons (Fsp3) is 0.440. The molecule has 0 radical (unpaired) electrons. The van der Waals surface area contributed by atoms with E-state index in [-0.39, 0.29) is 0 Å². The van der Waals surface area contributed by atoms with Gasteiger partial charge in [0.1, 0.15) is 6.61 Å². The van der Waals surface area contributed by atoms with Gasteiger partial charge >= 0.3 is 0 Å². The Bertz CT molecular complexity index is 969. The lowest BCUT2D eigenvalue weighted by molar-refractivity contribution is 0.256. The number of para-hydroxylation sites is 2. The van der Waals surface area contributed by atoms with E-state index in [1.165, 1.54) is 5.69 Å². The first-order valence-corrected chi connectivity index (χ1v) is 11.3. The number of benzene rings is 2. The molecule has 2 aromatic carbocycles. The molecule has 1 heterocycles. The highest BCUT2D eigenvalue weighted by Gasteiger charge is 2.14. The largest absolute Gasteiger partial charge is 0.490 e. The van der Waals surface area contributed by atoms with Crippen LogP contribution in [-0.2, 0) is 13.2 Å². The number of aryl methyl sites for hydroxylation is 1. The third kappa shape index (κ3) is 6.23. The van der Waals surface area contributed by atoms with E-state index >= 15 is 0 Å². The lowest BCUT2D eigenvalue weighted by Crippen LogP contribution is -2.17. The first-order valence-electron chi connectivity index (χ1n) is 11.3. The number of nitrogens with zero attached hydrogens (tertiary/aromatic N) is 5. The average molecular weight is 438 g/mol. The quantitative estimate of drug-likeness (QED) is 0.420. The highest BCUT2D eigenvalue weighted by molar-refractivity contribution is 5.60. The van der Waals surface area contributed by atoms with Gasteiger partial charge in [-0.15, -0.1) is 0 Å². The van der Waals surface area contributed by atoms with Crippen LogP contribution in [0.25, 0.3) is 11.4 Å². The van der Waals surface area contributed by atoms with Gasteiger partial charge in [-0.25, -0.2) is 9.67 Å². The van der Waals surface area contributed by atoms with Crippen molar-refractivity contribution in [2.24, 2.45) is 0 Å². The second-order valence-corrected chi connectivity index (χ2v) is 7.96. The summed E-state index contributed by atoms with van der Waals surface area (Å²) in [6.45, 7) is 7.76. The van der Waals surface area contributed by atoms with Gasteiger partial charge in [-0.1, -0.05) is 12.1 Å². The molecule has 1 aromatic heterocycles. The molecule has 0 fully saturated rings. The van der Waals surface area contributed by atoms with Crippen LogP contribution in [0.4, 0.5) is 5.69 Å². The van der Waals surface area contributed by atoms with E-state index in [2.05, 4.69) is 62.1 Å². The van der Waals surface area contributed by atoms with Crippen LogP contribution in [0.5, 0.6) is 11.5 Å². The zero-order chi connectivity index (χ0) is 22.9. The molecule has 0 N–H and O–H groups in total. The molecular weight excluding hydrogens is 402 g/mol. The smallest absolute Gasteiger partial charge is 0.181 e. The maximum atomic E-state index is 6.09. The second kappa shape index (κ2) is 11.5. The fourth-order valence-corrected chi connectivity index (χ4v) is 3.35. The van der Waals surface area contributed by atoms with Gasteiger partial charge in [-0.2, -0.15) is 5.10 Å². The number of ether oxygens (including phenoxy) is 2. The maximum Gasteiger partial charge on any atom is 0.181 e. The molecule has 0 unspecified atom stereocenters. The summed E-state index contributed by atoms with van der Waals surface area (Å²) >= 11 is 0. The summed E-state index contributed by atoms with van der Waals surface area (Å²) < 4.78 is 13.7. The third-order valence-corrected chi connectivity index (χ3v) is 5.27. The molecule has 172 valence electrons. The van der Waals surface area contributed by atoms with Gasteiger partial charge in [-0.3, -0.25) is 0 Å². The Morgan fingerprint density at radius 2 is 1.59 bits per heavy atom. The van der Waals surface area contributed by atoms with Crippen molar-refractivity contribution >= 4 is 5.69 Å². The van der Waals surface area contributed by atoms with Crippen LogP contribution < -0.4 is 14.4 Å². The lowest BCUT2D eigenvalue weighted by Gasteiger charge is -2.16. The second-order valence-electron chi connectivity index (χ2n) is 7.96. The summed E-state index contributed by atoms with van der Waals surface area (Å²) in [6.07, 6.45) is 0.985. The van der Waals surface area contributed by atoms with Crippen LogP contribution in [-0.4, -0.2) is 60.5 Å². The SMILES string of the molecule is CCOc1ccccc1OCc1nc(-c2ccc(N(C)CC)cc2)nn1CCCN(C)C. The molecule has 0 aliphatic heterocycles. The van der Waals surface area contributed by atoms with E-state index in [4.69, 9.17) is 19.6 Å². The summed E-state index contributed by atoms with van der Waals surface area (Å²) in [5.74, 6) is 2.98. The molecular formula is C25H35N5O2. The zero-order valence-electron chi connectivity index (χ0n) is 19.9. The van der Waals surface area contributed by atoms with Crippen molar-refractivity contribution in [3.05, 3.63) is 54.4 Å². The van der Waals surface area contributed by atoms with Crippen LogP contribution in [0, 0.1) is 0 Å². The standard InChI is InChI=1S/C25H35N5O2/c1-6-29(5)21-15-13-20(14-16-21)25-26-24(30(27-25)18-10-17-28(3)4)19-32-23-12-9-8-11-22(23)31-7-2/h8-9,11-16H,6-7,10,17-19H2,1-5H3. The van der Waals surface area contributed by atoms with Crippen LogP contribution >= 0.6 is 0 Å². The number of aromatic nitrogens is 3. The Morgan fingerprint density at radius 3 is 2.22 bits per heavy atom. The van der Waals surface area contributed by atoms with Crippen LogP contribution in [0.15, 0.2) is 48.5 Å². The average Bonchev–Trinajstić information content (AvgIpc) is 3.21. The molecule has 0 amide bonds. The van der Waals surface area contributed by atoms with E-state index in [9.17, 15) is 0 Å². The molecule has 0 aliphatic carbocycles. The number of hydrogen-bond acceptors (Lipinski definition) is 6. The number of hydrogen-bond donors (Lipinski definition) is 0. The Kier molecular flexibility index (Phi) is 8.50. The molecule has 7 nitrogen and oxygen atoms in total. The van der Waals surface area contributed by atoms with Crippen LogP contribution in [0.1, 0.15) is 26.1 Å². The van der Waals surface area contributed by atoms with E-state index in [1.54, 1.807) is 0 Å². The molecule has 7 heteroatoms. The minimum Gasteiger partial charge on any atom is -0.490 e. The molecule has 0 spiro atoms. The van der Waals surface area contributed by atoms with Crippen molar-refractivity contribution in [2.75, 3.05) is 45.7 Å². The normalized spacial score (nSPS) is 11.1. The van der Waals surface area contributed by atoms with Gasteiger partial charge in [-0.05, 0) is 77.3 Å². The van der Waals surface area contributed by atoms with Crippen molar-refractivity contribution in [3.63, 3.8) is 0 Å². The summed E-state index contributed by atoms with van der Waals surface area (Å²) in [5, 5.41) is 4.81. The van der Waals surface area contributed by atoms with Crippen LogP contribution in [0.2, 0.25) is 0 Å². The van der Waals surface area contributed by atoms with Crippen molar-refractivity contribution in [3.8, 4) is 22.9 Å². The highest BCUT2D eigenvalue weighted by atomic mass is 16.5. The Labute approximate surface area is 191 Å². The van der Waals surface area contributed by atoms with Gasteiger partial charge in [0, 0.05) is 31.4 Å². The van der Waals surface area contributed by atoms with E-state index in [0.29, 0.717) is 19.0 Å². The van der Waals surface area contributed by atoms with Crippen molar-refractivity contribution in [2.45, 2.75) is 33.4 Å². The summed E-state index contributed by atoms with van der Waals surface area (Å²) in [6, 6.07) is 16.1. The molecule has 32 heavy (non-hydrogen) atoms.